The number of aliphatic hydroxyl groups is 1. The molecule has 122 valence electrons. The molecule has 1 aliphatic heterocycles. The Morgan fingerprint density at radius 2 is 2.30 bits per heavy atom. The van der Waals surface area contributed by atoms with Crippen LogP contribution in [0.15, 0.2) is 29.8 Å². The summed E-state index contributed by atoms with van der Waals surface area (Å²) in [6.07, 6.45) is 3.99. The van der Waals surface area contributed by atoms with E-state index in [1.165, 1.54) is 11.3 Å². The van der Waals surface area contributed by atoms with E-state index in [0.29, 0.717) is 13.0 Å². The molecule has 2 aromatic rings. The van der Waals surface area contributed by atoms with Gasteiger partial charge in [0.05, 0.1) is 17.8 Å². The Morgan fingerprint density at radius 1 is 1.43 bits per heavy atom. The van der Waals surface area contributed by atoms with Crippen molar-refractivity contribution in [1.29, 1.82) is 0 Å². The Labute approximate surface area is 140 Å². The molecule has 0 radical (unpaired) electrons. The van der Waals surface area contributed by atoms with Crippen LogP contribution in [0.2, 0.25) is 0 Å². The Balaban J connectivity index is 1.67. The van der Waals surface area contributed by atoms with E-state index in [1.54, 1.807) is 6.20 Å². The molecule has 0 saturated carbocycles. The van der Waals surface area contributed by atoms with Crippen LogP contribution in [0.25, 0.3) is 10.7 Å². The summed E-state index contributed by atoms with van der Waals surface area (Å²) in [5, 5.41) is 12.1. The van der Waals surface area contributed by atoms with E-state index in [0.717, 1.165) is 29.2 Å². The van der Waals surface area contributed by atoms with Crippen LogP contribution >= 0.6 is 11.3 Å². The largest absolute Gasteiger partial charge is 0.396 e. The fourth-order valence-electron chi connectivity index (χ4n) is 2.93. The number of pyridine rings is 1. The Hall–Kier alpha value is -1.79. The maximum Gasteiger partial charge on any atom is 0.228 e. The molecule has 1 saturated heterocycles. The average molecular weight is 331 g/mol. The van der Waals surface area contributed by atoms with Gasteiger partial charge < -0.3 is 10.0 Å². The van der Waals surface area contributed by atoms with E-state index in [1.807, 2.05) is 28.5 Å². The molecule has 6 heteroatoms. The first kappa shape index (κ1) is 16.1. The van der Waals surface area contributed by atoms with E-state index >= 15 is 0 Å². The second kappa shape index (κ2) is 7.19. The maximum atomic E-state index is 12.6. The third-order valence-electron chi connectivity index (χ3n) is 4.33. The number of aliphatic hydroxyl groups excluding tert-OH is 1. The first-order valence-electron chi connectivity index (χ1n) is 7.93. The van der Waals surface area contributed by atoms with Crippen LogP contribution < -0.4 is 0 Å². The highest BCUT2D eigenvalue weighted by atomic mass is 32.1. The highest BCUT2D eigenvalue weighted by molar-refractivity contribution is 7.13. The molecule has 1 aliphatic rings. The molecule has 0 spiro atoms. The SMILES string of the molecule is CC1CCC(CO)CN1C(=O)Cc1csc(-c2ccccn2)n1. The first-order chi connectivity index (χ1) is 11.2. The number of amides is 1. The molecule has 1 fully saturated rings. The zero-order valence-corrected chi connectivity index (χ0v) is 14.0. The van der Waals surface area contributed by atoms with Crippen LogP contribution in [0.3, 0.4) is 0 Å². The van der Waals surface area contributed by atoms with Crippen molar-refractivity contribution in [2.75, 3.05) is 13.2 Å². The van der Waals surface area contributed by atoms with Gasteiger partial charge in [-0.1, -0.05) is 6.07 Å². The number of aromatic nitrogens is 2. The molecule has 23 heavy (non-hydrogen) atoms. The molecule has 3 heterocycles. The fraction of sp³-hybridized carbons (Fsp3) is 0.471. The van der Waals surface area contributed by atoms with Gasteiger partial charge in [-0.3, -0.25) is 9.78 Å². The summed E-state index contributed by atoms with van der Waals surface area (Å²) < 4.78 is 0. The van der Waals surface area contributed by atoms with Gasteiger partial charge >= 0.3 is 0 Å². The lowest BCUT2D eigenvalue weighted by Crippen LogP contribution is -2.47. The molecule has 1 N–H and O–H groups in total. The molecule has 5 nitrogen and oxygen atoms in total. The predicted octanol–water partition coefficient (Wildman–Crippen LogP) is 2.37. The monoisotopic (exact) mass is 331 g/mol. The van der Waals surface area contributed by atoms with Crippen molar-refractivity contribution in [3.05, 3.63) is 35.5 Å². The third kappa shape index (κ3) is 3.76. The highest BCUT2D eigenvalue weighted by Crippen LogP contribution is 2.24. The molecule has 2 aromatic heterocycles. The van der Waals surface area contributed by atoms with Gasteiger partial charge in [0.2, 0.25) is 5.91 Å². The van der Waals surface area contributed by atoms with Gasteiger partial charge in [-0.25, -0.2) is 4.98 Å². The predicted molar refractivity (Wildman–Crippen MR) is 90.0 cm³/mol. The zero-order valence-electron chi connectivity index (χ0n) is 13.2. The number of hydrogen-bond donors (Lipinski definition) is 1. The van der Waals surface area contributed by atoms with Crippen LogP contribution in [0.4, 0.5) is 0 Å². The quantitative estimate of drug-likeness (QED) is 0.934. The number of thiazole rings is 1. The normalized spacial score (nSPS) is 21.4. The summed E-state index contributed by atoms with van der Waals surface area (Å²) in [5.74, 6) is 0.295. The topological polar surface area (TPSA) is 66.3 Å². The number of carbonyl (C=O) groups excluding carboxylic acids is 1. The van der Waals surface area contributed by atoms with Crippen molar-refractivity contribution in [3.8, 4) is 10.7 Å². The lowest BCUT2D eigenvalue weighted by molar-refractivity contribution is -0.135. The lowest BCUT2D eigenvalue weighted by atomic mass is 9.94. The molecule has 3 rings (SSSR count). The molecule has 2 atom stereocenters. The lowest BCUT2D eigenvalue weighted by Gasteiger charge is -2.37. The van der Waals surface area contributed by atoms with Crippen molar-refractivity contribution < 1.29 is 9.90 Å². The minimum Gasteiger partial charge on any atom is -0.396 e. The molecule has 0 aliphatic carbocycles. The zero-order chi connectivity index (χ0) is 16.2. The van der Waals surface area contributed by atoms with Crippen molar-refractivity contribution in [2.24, 2.45) is 5.92 Å². The van der Waals surface area contributed by atoms with Gasteiger partial charge in [0.15, 0.2) is 0 Å². The highest BCUT2D eigenvalue weighted by Gasteiger charge is 2.28. The second-order valence-corrected chi connectivity index (χ2v) is 6.91. The van der Waals surface area contributed by atoms with Gasteiger partial charge in [0.25, 0.3) is 0 Å². The smallest absolute Gasteiger partial charge is 0.228 e. The van der Waals surface area contributed by atoms with Crippen LogP contribution in [-0.4, -0.2) is 45.1 Å². The summed E-state index contributed by atoms with van der Waals surface area (Å²) in [5.41, 5.74) is 1.63. The van der Waals surface area contributed by atoms with Gasteiger partial charge in [-0.2, -0.15) is 0 Å². The van der Waals surface area contributed by atoms with Gasteiger partial charge in [0, 0.05) is 30.8 Å². The Bertz CT molecular complexity index is 659. The van der Waals surface area contributed by atoms with Gasteiger partial charge in [0.1, 0.15) is 5.01 Å². The van der Waals surface area contributed by atoms with E-state index in [-0.39, 0.29) is 24.5 Å². The molecular weight excluding hydrogens is 310 g/mol. The first-order valence-corrected chi connectivity index (χ1v) is 8.81. The summed E-state index contributed by atoms with van der Waals surface area (Å²) in [7, 11) is 0. The second-order valence-electron chi connectivity index (χ2n) is 6.06. The number of likely N-dealkylation sites (tertiary alicyclic amines) is 1. The molecule has 2 unspecified atom stereocenters. The van der Waals surface area contributed by atoms with E-state index < -0.39 is 0 Å². The van der Waals surface area contributed by atoms with E-state index in [9.17, 15) is 9.90 Å². The van der Waals surface area contributed by atoms with Crippen molar-refractivity contribution in [3.63, 3.8) is 0 Å². The van der Waals surface area contributed by atoms with E-state index in [2.05, 4.69) is 16.9 Å². The van der Waals surface area contributed by atoms with Crippen LogP contribution in [-0.2, 0) is 11.2 Å². The van der Waals surface area contributed by atoms with Crippen LogP contribution in [0.5, 0.6) is 0 Å². The van der Waals surface area contributed by atoms with Crippen molar-refractivity contribution in [1.82, 2.24) is 14.9 Å². The Morgan fingerprint density at radius 3 is 3.04 bits per heavy atom. The fourth-order valence-corrected chi connectivity index (χ4v) is 3.73. The minimum absolute atomic E-state index is 0.0912. The molecule has 0 bridgehead atoms. The maximum absolute atomic E-state index is 12.6. The summed E-state index contributed by atoms with van der Waals surface area (Å²) in [6.45, 7) is 2.87. The minimum atomic E-state index is 0.0912. The molecular formula is C17H21N3O2S. The summed E-state index contributed by atoms with van der Waals surface area (Å²) in [4.78, 5) is 23.3. The van der Waals surface area contributed by atoms with Crippen LogP contribution in [0.1, 0.15) is 25.5 Å². The standard InChI is InChI=1S/C17H21N3O2S/c1-12-5-6-13(10-21)9-20(12)16(22)8-14-11-23-17(19-14)15-4-2-3-7-18-15/h2-4,7,11-13,21H,5-6,8-10H2,1H3. The third-order valence-corrected chi connectivity index (χ3v) is 5.24. The summed E-state index contributed by atoms with van der Waals surface area (Å²) in [6, 6.07) is 5.96. The van der Waals surface area contributed by atoms with Gasteiger partial charge in [-0.15, -0.1) is 11.3 Å². The average Bonchev–Trinajstić information content (AvgIpc) is 3.04. The van der Waals surface area contributed by atoms with Crippen LogP contribution in [0, 0.1) is 5.92 Å². The molecule has 0 aromatic carbocycles. The number of hydrogen-bond acceptors (Lipinski definition) is 5. The van der Waals surface area contributed by atoms with Gasteiger partial charge in [-0.05, 0) is 37.8 Å². The van der Waals surface area contributed by atoms with E-state index in [4.69, 9.17) is 0 Å². The number of piperidine rings is 1. The van der Waals surface area contributed by atoms with Crippen molar-refractivity contribution >= 4 is 17.2 Å². The molecule has 1 amide bonds. The summed E-state index contributed by atoms with van der Waals surface area (Å²) >= 11 is 1.51. The van der Waals surface area contributed by atoms with Crippen molar-refractivity contribution in [2.45, 2.75) is 32.2 Å². The number of carbonyl (C=O) groups is 1. The number of nitrogens with zero attached hydrogens (tertiary/aromatic N) is 3. The number of rotatable bonds is 4. The Kier molecular flexibility index (Phi) is 5.03.